The summed E-state index contributed by atoms with van der Waals surface area (Å²) in [6.07, 6.45) is 5.17. The highest BCUT2D eigenvalue weighted by Crippen LogP contribution is 2.35. The highest BCUT2D eigenvalue weighted by atomic mass is 19.1. The van der Waals surface area contributed by atoms with Gasteiger partial charge in [0.15, 0.2) is 0 Å². The van der Waals surface area contributed by atoms with Gasteiger partial charge in [0.1, 0.15) is 5.82 Å². The summed E-state index contributed by atoms with van der Waals surface area (Å²) in [7, 11) is 0. The molecule has 1 fully saturated rings. The van der Waals surface area contributed by atoms with Crippen molar-refractivity contribution in [3.63, 3.8) is 0 Å². The minimum Gasteiger partial charge on any atom is -0.356 e. The molecule has 33 heavy (non-hydrogen) atoms. The van der Waals surface area contributed by atoms with E-state index in [2.05, 4.69) is 10.3 Å². The molecule has 0 aliphatic carbocycles. The Labute approximate surface area is 193 Å². The van der Waals surface area contributed by atoms with Crippen LogP contribution in [0.4, 0.5) is 4.39 Å². The van der Waals surface area contributed by atoms with E-state index >= 15 is 0 Å². The number of likely N-dealkylation sites (tertiary alicyclic amines) is 1. The van der Waals surface area contributed by atoms with Crippen LogP contribution in [0, 0.1) is 11.2 Å². The summed E-state index contributed by atoms with van der Waals surface area (Å²) in [5.41, 5.74) is 2.19. The predicted molar refractivity (Wildman–Crippen MR) is 126 cm³/mol. The molecule has 1 aliphatic rings. The first-order valence-corrected chi connectivity index (χ1v) is 11.3. The second kappa shape index (κ2) is 9.94. The molecule has 0 bridgehead atoms. The number of piperidine rings is 1. The molecule has 4 rings (SSSR count). The van der Waals surface area contributed by atoms with Crippen LogP contribution >= 0.6 is 0 Å². The van der Waals surface area contributed by atoms with Crippen molar-refractivity contribution < 1.29 is 14.0 Å². The molecule has 5 nitrogen and oxygen atoms in total. The standard InChI is InChI=1S/C27H28FN3O2/c1-2-30-26(33)27(14-5-17-31(19-27)25(32)22-12-15-29-16-13-22)18-20-8-10-21(11-9-20)23-6-3-4-7-24(23)28/h3-4,6-13,15-16H,2,5,14,17-19H2,1H3,(H,30,33)/t27-/m1/s1. The zero-order chi connectivity index (χ0) is 23.3. The molecule has 1 saturated heterocycles. The number of carbonyl (C=O) groups excluding carboxylic acids is 2. The van der Waals surface area contributed by atoms with E-state index < -0.39 is 5.41 Å². The van der Waals surface area contributed by atoms with Crippen LogP contribution in [0.5, 0.6) is 0 Å². The maximum absolute atomic E-state index is 14.2. The third-order valence-corrected chi connectivity index (χ3v) is 6.29. The molecule has 0 radical (unpaired) electrons. The number of rotatable bonds is 6. The van der Waals surface area contributed by atoms with Gasteiger partial charge >= 0.3 is 0 Å². The summed E-state index contributed by atoms with van der Waals surface area (Å²) >= 11 is 0. The van der Waals surface area contributed by atoms with Gasteiger partial charge in [-0.2, -0.15) is 0 Å². The minimum absolute atomic E-state index is 0.0320. The van der Waals surface area contributed by atoms with E-state index in [1.54, 1.807) is 41.6 Å². The molecule has 0 saturated carbocycles. The summed E-state index contributed by atoms with van der Waals surface area (Å²) < 4.78 is 14.2. The lowest BCUT2D eigenvalue weighted by atomic mass is 9.74. The average molecular weight is 446 g/mol. The van der Waals surface area contributed by atoms with Crippen molar-refractivity contribution in [1.29, 1.82) is 0 Å². The van der Waals surface area contributed by atoms with Gasteiger partial charge in [0.05, 0.1) is 5.41 Å². The van der Waals surface area contributed by atoms with Gasteiger partial charge in [0.2, 0.25) is 5.91 Å². The summed E-state index contributed by atoms with van der Waals surface area (Å²) in [6.45, 7) is 3.41. The molecule has 0 unspecified atom stereocenters. The molecular formula is C27H28FN3O2. The van der Waals surface area contributed by atoms with Crippen molar-refractivity contribution in [2.75, 3.05) is 19.6 Å². The molecular weight excluding hydrogens is 417 g/mol. The number of aromatic nitrogens is 1. The lowest BCUT2D eigenvalue weighted by Gasteiger charge is -2.42. The number of pyridine rings is 1. The van der Waals surface area contributed by atoms with Crippen molar-refractivity contribution in [3.8, 4) is 11.1 Å². The first-order chi connectivity index (χ1) is 16.0. The lowest BCUT2D eigenvalue weighted by Crippen LogP contribution is -2.54. The van der Waals surface area contributed by atoms with Crippen molar-refractivity contribution in [1.82, 2.24) is 15.2 Å². The Bertz CT molecular complexity index is 1120. The van der Waals surface area contributed by atoms with Gasteiger partial charge < -0.3 is 10.2 Å². The summed E-state index contributed by atoms with van der Waals surface area (Å²) in [4.78, 5) is 32.1. The molecule has 3 aromatic rings. The molecule has 2 amide bonds. The van der Waals surface area contributed by atoms with Crippen LogP contribution in [-0.4, -0.2) is 41.3 Å². The van der Waals surface area contributed by atoms with E-state index in [1.807, 2.05) is 37.3 Å². The average Bonchev–Trinajstić information content (AvgIpc) is 2.85. The Kier molecular flexibility index (Phi) is 6.82. The monoisotopic (exact) mass is 445 g/mol. The van der Waals surface area contributed by atoms with E-state index in [9.17, 15) is 14.0 Å². The van der Waals surface area contributed by atoms with Gasteiger partial charge in [-0.3, -0.25) is 14.6 Å². The first kappa shape index (κ1) is 22.6. The van der Waals surface area contributed by atoms with Gasteiger partial charge in [0, 0.05) is 43.2 Å². The van der Waals surface area contributed by atoms with E-state index in [1.165, 1.54) is 6.07 Å². The van der Waals surface area contributed by atoms with Gasteiger partial charge in [-0.25, -0.2) is 4.39 Å². The third kappa shape index (κ3) is 4.95. The quantitative estimate of drug-likeness (QED) is 0.608. The number of benzene rings is 2. The fraction of sp³-hybridized carbons (Fsp3) is 0.296. The summed E-state index contributed by atoms with van der Waals surface area (Å²) in [5, 5.41) is 2.98. The third-order valence-electron chi connectivity index (χ3n) is 6.29. The fourth-order valence-electron chi connectivity index (χ4n) is 4.63. The van der Waals surface area contributed by atoms with Crippen LogP contribution in [0.2, 0.25) is 0 Å². The van der Waals surface area contributed by atoms with E-state index in [-0.39, 0.29) is 17.6 Å². The second-order valence-electron chi connectivity index (χ2n) is 8.56. The Morgan fingerprint density at radius 2 is 1.79 bits per heavy atom. The van der Waals surface area contributed by atoms with Gasteiger partial charge in [-0.05, 0) is 55.5 Å². The van der Waals surface area contributed by atoms with Crippen LogP contribution in [0.15, 0.2) is 73.1 Å². The number of amides is 2. The van der Waals surface area contributed by atoms with Crippen molar-refractivity contribution in [2.45, 2.75) is 26.2 Å². The summed E-state index contributed by atoms with van der Waals surface area (Å²) in [6, 6.07) is 17.8. The van der Waals surface area contributed by atoms with E-state index in [0.717, 1.165) is 17.5 Å². The zero-order valence-electron chi connectivity index (χ0n) is 18.8. The maximum Gasteiger partial charge on any atom is 0.253 e. The van der Waals surface area contributed by atoms with E-state index in [4.69, 9.17) is 0 Å². The van der Waals surface area contributed by atoms with Crippen molar-refractivity contribution in [3.05, 3.63) is 90.0 Å². The molecule has 1 N–H and O–H groups in total. The number of halogens is 1. The van der Waals surface area contributed by atoms with Crippen molar-refractivity contribution >= 4 is 11.8 Å². The molecule has 1 aliphatic heterocycles. The molecule has 6 heteroatoms. The number of nitrogens with one attached hydrogen (secondary N) is 1. The van der Waals surface area contributed by atoms with Crippen LogP contribution in [0.3, 0.4) is 0 Å². The number of hydrogen-bond acceptors (Lipinski definition) is 3. The smallest absolute Gasteiger partial charge is 0.253 e. The zero-order valence-corrected chi connectivity index (χ0v) is 18.8. The minimum atomic E-state index is -0.712. The molecule has 1 aromatic heterocycles. The molecule has 1 atom stereocenters. The van der Waals surface area contributed by atoms with Crippen LogP contribution < -0.4 is 5.32 Å². The highest BCUT2D eigenvalue weighted by Gasteiger charge is 2.43. The SMILES string of the molecule is CCNC(=O)[C@@]1(Cc2ccc(-c3ccccc3F)cc2)CCCN(C(=O)c2ccncc2)C1. The van der Waals surface area contributed by atoms with E-state index in [0.29, 0.717) is 43.6 Å². The van der Waals surface area contributed by atoms with Gasteiger partial charge in [0.25, 0.3) is 5.91 Å². The number of nitrogens with zero attached hydrogens (tertiary/aromatic N) is 2. The molecule has 2 heterocycles. The normalized spacial score (nSPS) is 18.1. The maximum atomic E-state index is 14.2. The predicted octanol–water partition coefficient (Wildman–Crippen LogP) is 4.49. The van der Waals surface area contributed by atoms with Crippen molar-refractivity contribution in [2.24, 2.45) is 5.41 Å². The Hall–Kier alpha value is -3.54. The van der Waals surface area contributed by atoms with Crippen LogP contribution in [0.25, 0.3) is 11.1 Å². The molecule has 0 spiro atoms. The Morgan fingerprint density at radius 3 is 2.48 bits per heavy atom. The Balaban J connectivity index is 1.59. The topological polar surface area (TPSA) is 62.3 Å². The van der Waals surface area contributed by atoms with Gasteiger partial charge in [-0.15, -0.1) is 0 Å². The molecule has 170 valence electrons. The number of carbonyl (C=O) groups is 2. The Morgan fingerprint density at radius 1 is 1.06 bits per heavy atom. The highest BCUT2D eigenvalue weighted by molar-refractivity contribution is 5.95. The number of hydrogen-bond donors (Lipinski definition) is 1. The second-order valence-corrected chi connectivity index (χ2v) is 8.56. The lowest BCUT2D eigenvalue weighted by molar-refractivity contribution is -0.133. The van der Waals surface area contributed by atoms with Crippen LogP contribution in [-0.2, 0) is 11.2 Å². The van der Waals surface area contributed by atoms with Crippen LogP contribution in [0.1, 0.15) is 35.7 Å². The largest absolute Gasteiger partial charge is 0.356 e. The summed E-state index contributed by atoms with van der Waals surface area (Å²) in [5.74, 6) is -0.377. The molecule has 2 aromatic carbocycles. The first-order valence-electron chi connectivity index (χ1n) is 11.3. The van der Waals surface area contributed by atoms with Gasteiger partial charge in [-0.1, -0.05) is 42.5 Å². The fourth-order valence-corrected chi connectivity index (χ4v) is 4.63.